The summed E-state index contributed by atoms with van der Waals surface area (Å²) in [4.78, 5) is 176. The van der Waals surface area contributed by atoms with Crippen molar-refractivity contribution in [3.8, 4) is 16.9 Å². The monoisotopic (exact) mass is 1590 g/mol. The van der Waals surface area contributed by atoms with Crippen LogP contribution in [0.15, 0.2) is 97.5 Å². The molecule has 7 rings (SSSR count). The van der Waals surface area contributed by atoms with Gasteiger partial charge in [-0.25, -0.2) is 9.37 Å². The number of rotatable bonds is 46. The molecule has 0 radical (unpaired) electrons. The van der Waals surface area contributed by atoms with Crippen LogP contribution in [0.2, 0.25) is 0 Å². The summed E-state index contributed by atoms with van der Waals surface area (Å²) in [6.07, 6.45) is -1.08. The number of aliphatic hydroxyl groups is 3. The van der Waals surface area contributed by atoms with Crippen molar-refractivity contribution in [3.05, 3.63) is 148 Å². The van der Waals surface area contributed by atoms with Gasteiger partial charge in [0, 0.05) is 63.5 Å². The maximum Gasteiger partial charge on any atom is 0.305 e. The average molecular weight is 1590 g/mol. The van der Waals surface area contributed by atoms with E-state index >= 15 is 4.39 Å². The highest BCUT2D eigenvalue weighted by atomic mass is 32.1. The molecule has 1 aliphatic rings. The van der Waals surface area contributed by atoms with Crippen LogP contribution in [-0.4, -0.2) is 214 Å². The maximum atomic E-state index is 15.6. The first-order chi connectivity index (χ1) is 53.2. The summed E-state index contributed by atoms with van der Waals surface area (Å²) in [7, 11) is 0. The number of benzene rings is 4. The summed E-state index contributed by atoms with van der Waals surface area (Å²) in [5.41, 5.74) is 14.6. The first kappa shape index (κ1) is 91.0. The molecule has 4 aromatic carbocycles. The van der Waals surface area contributed by atoms with E-state index in [2.05, 4.69) is 67.8 Å². The number of aromatic amines is 2. The van der Waals surface area contributed by atoms with Crippen molar-refractivity contribution < 1.29 is 87.1 Å². The number of aliphatic carboxylic acids is 1. The van der Waals surface area contributed by atoms with E-state index < -0.39 is 181 Å². The van der Waals surface area contributed by atoms with Gasteiger partial charge in [0.15, 0.2) is 17.4 Å². The number of hydrogen-bond acceptors (Lipinski definition) is 21. The van der Waals surface area contributed by atoms with Crippen LogP contribution in [0.1, 0.15) is 137 Å². The lowest BCUT2D eigenvalue weighted by Crippen LogP contribution is -2.62. The number of ether oxygens (including phenoxy) is 1. The van der Waals surface area contributed by atoms with Crippen molar-refractivity contribution in [2.75, 3.05) is 32.8 Å². The Bertz CT molecular complexity index is 4250. The highest BCUT2D eigenvalue weighted by Gasteiger charge is 2.50. The Morgan fingerprint density at radius 2 is 1.40 bits per heavy atom. The van der Waals surface area contributed by atoms with Crippen LogP contribution in [0, 0.1) is 30.5 Å². The normalized spacial score (nSPS) is 16.2. The summed E-state index contributed by atoms with van der Waals surface area (Å²) in [6, 6.07) is 11.7. The van der Waals surface area contributed by atoms with E-state index in [1.807, 2.05) is 57.2 Å². The molecular formula is C78H105FN16O17S. The van der Waals surface area contributed by atoms with Gasteiger partial charge < -0.3 is 83.7 Å². The van der Waals surface area contributed by atoms with Gasteiger partial charge in [0.25, 0.3) is 0 Å². The molecule has 1 aliphatic heterocycles. The second-order valence-corrected chi connectivity index (χ2v) is 28.9. The molecule has 1 fully saturated rings. The second kappa shape index (κ2) is 43.2. The number of carboxylic acid groups (broad SMARTS) is 1. The Morgan fingerprint density at radius 1 is 0.735 bits per heavy atom. The quantitative estimate of drug-likeness (QED) is 0.0188. The number of aliphatic hydroxyl groups excluding tert-OH is 3. The number of nitrogens with one attached hydrogen (secondary N) is 9. The highest BCUT2D eigenvalue weighted by molar-refractivity contribution is 7.59. The van der Waals surface area contributed by atoms with Crippen LogP contribution in [0.25, 0.3) is 11.1 Å². The highest BCUT2D eigenvalue weighted by Crippen LogP contribution is 2.34. The Hall–Kier alpha value is -10.9. The first-order valence-electron chi connectivity index (χ1n) is 37.3. The Labute approximate surface area is 660 Å². The number of primary amides is 1. The van der Waals surface area contributed by atoms with Gasteiger partial charge in [-0.2, -0.15) is 18.7 Å². The number of carboxylic acids is 1. The van der Waals surface area contributed by atoms with Gasteiger partial charge >= 0.3 is 5.97 Å². The van der Waals surface area contributed by atoms with Crippen LogP contribution in [0.5, 0.6) is 5.75 Å². The molecule has 612 valence electrons. The molecule has 0 bridgehead atoms. The van der Waals surface area contributed by atoms with Gasteiger partial charge in [-0.05, 0) is 144 Å². The van der Waals surface area contributed by atoms with Crippen LogP contribution in [-0.2, 0) is 96.1 Å². The molecule has 33 nitrogen and oxygen atoms in total. The summed E-state index contributed by atoms with van der Waals surface area (Å²) in [5.74, 6) is -12.7. The molecule has 2 aromatic heterocycles. The maximum absolute atomic E-state index is 15.6. The lowest BCUT2D eigenvalue weighted by molar-refractivity contribution is -0.145. The van der Waals surface area contributed by atoms with Crippen molar-refractivity contribution >= 4 is 84.2 Å². The van der Waals surface area contributed by atoms with E-state index in [0.717, 1.165) is 71.8 Å². The molecule has 1 saturated heterocycles. The number of hydrogen-bond donors (Lipinski definition) is 15. The lowest BCUT2D eigenvalue weighted by atomic mass is 9.76. The number of tetrazole rings is 1. The van der Waals surface area contributed by atoms with Crippen molar-refractivity contribution in [2.24, 2.45) is 22.3 Å². The van der Waals surface area contributed by atoms with Gasteiger partial charge in [0.2, 0.25) is 53.2 Å². The van der Waals surface area contributed by atoms with Crippen molar-refractivity contribution in [1.29, 1.82) is 0 Å². The van der Waals surface area contributed by atoms with Gasteiger partial charge in [0.1, 0.15) is 53.2 Å². The smallest absolute Gasteiger partial charge is 0.305 e. The summed E-state index contributed by atoms with van der Waals surface area (Å²) >= 11 is 0. The molecule has 17 N–H and O–H groups in total. The predicted octanol–water partition coefficient (Wildman–Crippen LogP) is 1.09. The number of amides is 9. The largest absolute Gasteiger partial charge is 0.494 e. The van der Waals surface area contributed by atoms with Crippen LogP contribution >= 0.6 is 13.5 Å². The fourth-order valence-corrected chi connectivity index (χ4v) is 13.3. The third kappa shape index (κ3) is 26.6. The number of unbranched alkanes of at least 4 members (excludes halogenated alkanes) is 1. The number of carbonyl (C=O) groups is 12. The molecule has 11 atom stereocenters. The van der Waals surface area contributed by atoms with Gasteiger partial charge in [-0.3, -0.25) is 57.5 Å². The van der Waals surface area contributed by atoms with Gasteiger partial charge in [-0.15, -0.1) is 10.2 Å². The Morgan fingerprint density at radius 3 is 2.02 bits per heavy atom. The predicted molar refractivity (Wildman–Crippen MR) is 415 cm³/mol. The zero-order chi connectivity index (χ0) is 82.0. The average Bonchev–Trinajstić information content (AvgIpc) is 1.64. The minimum atomic E-state index is -2.13. The van der Waals surface area contributed by atoms with Gasteiger partial charge in [-0.1, -0.05) is 96.9 Å². The SMILES string of the molecule is CCc1cc(OCCCCN)ccc1-c1ccc(C[C@H](NC(=O)[C@H](CC(=O)O)NC(=O)[C@H](CO)NC(=O)[C@@H](NC(=O)[C@@](C)(CC(=O)[C@@H](NC(=O)CCC(=O)[C@H](Cc2nn[nH]n2)NC(=O)[C@]2(C)CCN(CCc3cnc[nH]3)C2=O)[C@@H](C)O)Cc2ccccc2F)[C@@H](C)O)C(=O)N[C@@H](CCCc2cc(C)cc(C)c2)C(N)=O)cc1.S. The number of ketones is 2. The van der Waals surface area contributed by atoms with E-state index in [0.29, 0.717) is 50.1 Å². The Balaban J connectivity index is 0.0000199. The molecular weight excluding hydrogens is 1480 g/mol. The van der Waals surface area contributed by atoms with E-state index in [9.17, 15) is 78.0 Å². The minimum Gasteiger partial charge on any atom is -0.494 e. The third-order valence-corrected chi connectivity index (χ3v) is 19.7. The van der Waals surface area contributed by atoms with Crippen molar-refractivity contribution in [3.63, 3.8) is 0 Å². The molecule has 3 heterocycles. The fourth-order valence-electron chi connectivity index (χ4n) is 13.3. The molecule has 6 aromatic rings. The fraction of sp³-hybridized carbons (Fsp3) is 0.487. The number of halogens is 1. The van der Waals surface area contributed by atoms with E-state index in [1.54, 1.807) is 30.5 Å². The number of H-pyrrole nitrogens is 2. The zero-order valence-corrected chi connectivity index (χ0v) is 65.4. The summed E-state index contributed by atoms with van der Waals surface area (Å²) in [5, 5.41) is 73.3. The number of imidazole rings is 1. The van der Waals surface area contributed by atoms with Crippen LogP contribution in [0.4, 0.5) is 4.39 Å². The van der Waals surface area contributed by atoms with Crippen molar-refractivity contribution in [1.82, 2.24) is 72.7 Å². The number of aromatic nitrogens is 6. The van der Waals surface area contributed by atoms with E-state index in [1.165, 1.54) is 43.3 Å². The number of nitrogens with two attached hydrogens (primary N) is 2. The first-order valence-corrected chi connectivity index (χ1v) is 37.3. The van der Waals surface area contributed by atoms with Crippen LogP contribution < -0.4 is 53.4 Å². The lowest BCUT2D eigenvalue weighted by Gasteiger charge is -2.33. The summed E-state index contributed by atoms with van der Waals surface area (Å²) in [6.45, 7) is 11.0. The van der Waals surface area contributed by atoms with Crippen LogP contribution in [0.3, 0.4) is 0 Å². The molecule has 113 heavy (non-hydrogen) atoms. The molecule has 0 aliphatic carbocycles. The molecule has 0 unspecified atom stereocenters. The third-order valence-electron chi connectivity index (χ3n) is 19.7. The topological polar surface area (TPSA) is 518 Å². The number of nitrogens with zero attached hydrogens (tertiary/aromatic N) is 5. The molecule has 0 saturated carbocycles. The number of aryl methyl sites for hydroxylation is 4. The minimum absolute atomic E-state index is 0. The van der Waals surface area contributed by atoms with E-state index in [-0.39, 0.29) is 63.7 Å². The number of carbonyl (C=O) groups excluding carboxylic acids is 11. The second-order valence-electron chi connectivity index (χ2n) is 28.9. The van der Waals surface area contributed by atoms with E-state index in [4.69, 9.17) is 16.2 Å². The molecule has 35 heteroatoms. The number of Topliss-reactive ketones (excluding diaryl/α,β-unsaturated/α-hetero) is 2. The number of likely N-dealkylation sites (tertiary alicyclic amines) is 1. The molecule has 9 amide bonds. The van der Waals surface area contributed by atoms with Crippen molar-refractivity contribution in [2.45, 2.75) is 199 Å². The zero-order valence-electron chi connectivity index (χ0n) is 64.4. The standard InChI is InChI=1S/C78H103FN16O17.H2S/c1-8-50-36-54(112-31-12-11-28-80)22-23-55(50)51-20-18-48(19-21-51)35-59(70(105)84-57(69(81)104)17-13-14-49-33-44(2)32-45(3)34-49)85-71(106)60(38-66(102)103)86-72(107)61(42-96)87-73(108)68(47(5)98)90-74(109)77(6,39-52-15-9-10-16-56(52)79)40-63(100)67(46(4)97)89-65(101)25-24-62(99)58(37-64-91-93-94-92-64)88-75(110)78(7)27-30-95(76(78)111)29-26-53-41-82-43-83-53;/h9-10,15-16,18-23,32-34,36,41,43,46-47,57-61,67-68,96-98H,8,11-14,17,24-31,35,37-40,42,80H2,1-7H3,(H2,81,104)(H,82,83)(H,84,105)(H,85,106)(H,86,107)(H,87,108)(H,88,110)(H,89,101)(H,90,109)(H,102,103)(H,91,92,93,94);1H2/t46-,47-,57+,58+,59+,60+,61+,67+,68+,77-,78+;/m1./s1. The Kier molecular flexibility index (Phi) is 34.8. The van der Waals surface area contributed by atoms with Gasteiger partial charge in [0.05, 0.1) is 49.6 Å². The molecule has 0 spiro atoms. The summed E-state index contributed by atoms with van der Waals surface area (Å²) < 4.78 is 21.5.